The lowest BCUT2D eigenvalue weighted by Gasteiger charge is -2.00. The molecule has 0 aliphatic rings. The van der Waals surface area contributed by atoms with E-state index < -0.39 is 0 Å². The van der Waals surface area contributed by atoms with Crippen molar-refractivity contribution >= 4 is 25.2 Å². The van der Waals surface area contributed by atoms with E-state index in [2.05, 4.69) is 4.99 Å². The summed E-state index contributed by atoms with van der Waals surface area (Å²) < 4.78 is 0. The lowest BCUT2D eigenvalue weighted by Crippen LogP contribution is -2.02. The van der Waals surface area contributed by atoms with E-state index in [1.165, 1.54) is 0 Å². The van der Waals surface area contributed by atoms with Crippen LogP contribution in [-0.2, 0) is 0 Å². The molecule has 0 heterocycles. The van der Waals surface area contributed by atoms with Crippen LogP contribution in [0.25, 0.3) is 0 Å². The first-order chi connectivity index (χ1) is 7.75. The Morgan fingerprint density at radius 3 is 2.56 bits per heavy atom. The lowest BCUT2D eigenvalue weighted by molar-refractivity contribution is 0.474. The quantitative estimate of drug-likeness (QED) is 0.592. The van der Waals surface area contributed by atoms with Crippen LogP contribution in [0.15, 0.2) is 53.5 Å². The van der Waals surface area contributed by atoms with Gasteiger partial charge in [0.25, 0.3) is 0 Å². The van der Waals surface area contributed by atoms with Crippen molar-refractivity contribution < 1.29 is 5.11 Å². The van der Waals surface area contributed by atoms with Crippen molar-refractivity contribution in [3.63, 3.8) is 0 Å². The van der Waals surface area contributed by atoms with Crippen LogP contribution in [0.2, 0.25) is 0 Å². The Bertz CT molecular complexity index is 509. The SMILES string of the molecule is [B]c1ccc(O)c(C=Nc2ccccc2)c1. The van der Waals surface area contributed by atoms with Crippen LogP contribution in [0.1, 0.15) is 5.56 Å². The van der Waals surface area contributed by atoms with Gasteiger partial charge in [-0.2, -0.15) is 0 Å². The van der Waals surface area contributed by atoms with Gasteiger partial charge in [-0.25, -0.2) is 0 Å². The third-order valence-corrected chi connectivity index (χ3v) is 2.16. The van der Waals surface area contributed by atoms with Crippen LogP contribution in [0, 0.1) is 0 Å². The molecule has 0 amide bonds. The second kappa shape index (κ2) is 4.66. The van der Waals surface area contributed by atoms with E-state index in [4.69, 9.17) is 7.85 Å². The van der Waals surface area contributed by atoms with E-state index in [-0.39, 0.29) is 5.75 Å². The fourth-order valence-corrected chi connectivity index (χ4v) is 1.33. The summed E-state index contributed by atoms with van der Waals surface area (Å²) in [5, 5.41) is 9.57. The molecule has 0 spiro atoms. The van der Waals surface area contributed by atoms with Gasteiger partial charge in [0.2, 0.25) is 0 Å². The molecule has 0 saturated heterocycles. The molecular formula is C13H10BNO. The summed E-state index contributed by atoms with van der Waals surface area (Å²) >= 11 is 0. The average Bonchev–Trinajstić information content (AvgIpc) is 2.32. The van der Waals surface area contributed by atoms with E-state index in [1.807, 2.05) is 30.3 Å². The molecule has 2 aromatic carbocycles. The van der Waals surface area contributed by atoms with Crippen LogP contribution in [0.3, 0.4) is 0 Å². The summed E-state index contributed by atoms with van der Waals surface area (Å²) in [6.07, 6.45) is 1.60. The van der Waals surface area contributed by atoms with Gasteiger partial charge in [-0.15, -0.1) is 0 Å². The first kappa shape index (κ1) is 10.5. The second-order valence-corrected chi connectivity index (χ2v) is 3.41. The van der Waals surface area contributed by atoms with Gasteiger partial charge in [-0.1, -0.05) is 35.8 Å². The number of rotatable bonds is 2. The Hall–Kier alpha value is -2.03. The maximum Gasteiger partial charge on any atom is 0.124 e. The number of benzene rings is 2. The normalized spacial score (nSPS) is 10.8. The molecule has 3 heteroatoms. The van der Waals surface area contributed by atoms with Crippen LogP contribution in [0.5, 0.6) is 5.75 Å². The zero-order valence-corrected chi connectivity index (χ0v) is 8.67. The van der Waals surface area contributed by atoms with Crippen molar-refractivity contribution in [3.8, 4) is 5.75 Å². The molecule has 0 aromatic heterocycles. The maximum absolute atomic E-state index is 9.57. The number of para-hydroxylation sites is 1. The number of hydrogen-bond acceptors (Lipinski definition) is 2. The second-order valence-electron chi connectivity index (χ2n) is 3.41. The van der Waals surface area contributed by atoms with E-state index in [1.54, 1.807) is 24.4 Å². The fraction of sp³-hybridized carbons (Fsp3) is 0. The Labute approximate surface area is 95.7 Å². The molecule has 2 rings (SSSR count). The molecule has 0 aliphatic heterocycles. The molecule has 2 nitrogen and oxygen atoms in total. The zero-order chi connectivity index (χ0) is 11.4. The Morgan fingerprint density at radius 1 is 1.06 bits per heavy atom. The molecule has 0 aliphatic carbocycles. The van der Waals surface area contributed by atoms with Gasteiger partial charge in [0.15, 0.2) is 0 Å². The van der Waals surface area contributed by atoms with Gasteiger partial charge >= 0.3 is 0 Å². The number of aliphatic imine (C=N–C) groups is 1. The fourth-order valence-electron chi connectivity index (χ4n) is 1.33. The van der Waals surface area contributed by atoms with Gasteiger partial charge < -0.3 is 5.11 Å². The first-order valence-corrected chi connectivity index (χ1v) is 4.93. The van der Waals surface area contributed by atoms with E-state index in [0.29, 0.717) is 11.0 Å². The van der Waals surface area contributed by atoms with Crippen molar-refractivity contribution in [2.45, 2.75) is 0 Å². The van der Waals surface area contributed by atoms with Crippen molar-refractivity contribution in [1.82, 2.24) is 0 Å². The smallest absolute Gasteiger partial charge is 0.124 e. The van der Waals surface area contributed by atoms with Gasteiger partial charge in [0.05, 0.1) is 5.69 Å². The summed E-state index contributed by atoms with van der Waals surface area (Å²) in [5.74, 6) is 0.175. The third-order valence-electron chi connectivity index (χ3n) is 2.16. The Morgan fingerprint density at radius 2 is 1.81 bits per heavy atom. The molecule has 0 unspecified atom stereocenters. The predicted octanol–water partition coefficient (Wildman–Crippen LogP) is 1.94. The van der Waals surface area contributed by atoms with E-state index in [0.717, 1.165) is 5.69 Å². The van der Waals surface area contributed by atoms with Crippen LogP contribution < -0.4 is 5.46 Å². The summed E-state index contributed by atoms with van der Waals surface area (Å²) in [6, 6.07) is 14.4. The summed E-state index contributed by atoms with van der Waals surface area (Å²) in [5.41, 5.74) is 2.06. The van der Waals surface area contributed by atoms with Gasteiger partial charge in [-0.05, 0) is 18.2 Å². The molecule has 0 atom stereocenters. The Balaban J connectivity index is 2.27. The van der Waals surface area contributed by atoms with Crippen molar-refractivity contribution in [3.05, 3.63) is 54.1 Å². The molecule has 2 aromatic rings. The highest BCUT2D eigenvalue weighted by Gasteiger charge is 1.97. The molecular weight excluding hydrogens is 197 g/mol. The minimum atomic E-state index is 0.175. The molecule has 1 N–H and O–H groups in total. The highest BCUT2D eigenvalue weighted by molar-refractivity contribution is 6.32. The predicted molar refractivity (Wildman–Crippen MR) is 67.2 cm³/mol. The lowest BCUT2D eigenvalue weighted by atomic mass is 9.94. The number of phenols is 1. The number of phenolic OH excluding ortho intramolecular Hbond substituents is 1. The molecule has 2 radical (unpaired) electrons. The van der Waals surface area contributed by atoms with Crippen LogP contribution >= 0.6 is 0 Å². The van der Waals surface area contributed by atoms with Crippen LogP contribution in [-0.4, -0.2) is 19.2 Å². The summed E-state index contributed by atoms with van der Waals surface area (Å²) in [6.45, 7) is 0. The molecule has 0 fully saturated rings. The molecule has 0 bridgehead atoms. The summed E-state index contributed by atoms with van der Waals surface area (Å²) in [4.78, 5) is 4.24. The average molecular weight is 207 g/mol. The molecule has 16 heavy (non-hydrogen) atoms. The van der Waals surface area contributed by atoms with Gasteiger partial charge in [0, 0.05) is 11.8 Å². The highest BCUT2D eigenvalue weighted by atomic mass is 16.3. The number of hydrogen-bond donors (Lipinski definition) is 1. The van der Waals surface area contributed by atoms with Crippen molar-refractivity contribution in [1.29, 1.82) is 0 Å². The van der Waals surface area contributed by atoms with Crippen molar-refractivity contribution in [2.75, 3.05) is 0 Å². The summed E-state index contributed by atoms with van der Waals surface area (Å²) in [7, 11) is 5.62. The highest BCUT2D eigenvalue weighted by Crippen LogP contribution is 2.14. The monoisotopic (exact) mass is 207 g/mol. The minimum Gasteiger partial charge on any atom is -0.507 e. The molecule has 76 valence electrons. The first-order valence-electron chi connectivity index (χ1n) is 4.93. The molecule has 0 saturated carbocycles. The van der Waals surface area contributed by atoms with E-state index in [9.17, 15) is 5.11 Å². The van der Waals surface area contributed by atoms with E-state index >= 15 is 0 Å². The number of aromatic hydroxyl groups is 1. The topological polar surface area (TPSA) is 32.6 Å². The maximum atomic E-state index is 9.57. The minimum absolute atomic E-state index is 0.175. The van der Waals surface area contributed by atoms with Crippen LogP contribution in [0.4, 0.5) is 5.69 Å². The third kappa shape index (κ3) is 2.51. The van der Waals surface area contributed by atoms with Gasteiger partial charge in [0.1, 0.15) is 13.6 Å². The Kier molecular flexibility index (Phi) is 3.06. The largest absolute Gasteiger partial charge is 0.507 e. The standard InChI is InChI=1S/C13H10BNO/c14-11-6-7-13(16)10(8-11)9-15-12-4-2-1-3-5-12/h1-9,16H. The van der Waals surface area contributed by atoms with Crippen molar-refractivity contribution in [2.24, 2.45) is 4.99 Å². The van der Waals surface area contributed by atoms with Gasteiger partial charge in [-0.3, -0.25) is 4.99 Å². The zero-order valence-electron chi connectivity index (χ0n) is 8.67. The number of nitrogens with zero attached hydrogens (tertiary/aromatic N) is 1.